The first-order valence-electron chi connectivity index (χ1n) is 8.29. The summed E-state index contributed by atoms with van der Waals surface area (Å²) in [7, 11) is 0. The van der Waals surface area contributed by atoms with E-state index in [1.165, 1.54) is 79.0 Å². The van der Waals surface area contributed by atoms with Crippen LogP contribution in [0.1, 0.15) is 75.0 Å². The lowest BCUT2D eigenvalue weighted by atomic mass is 10.0. The molecule has 0 atom stereocenters. The average Bonchev–Trinajstić information content (AvgIpc) is 2.88. The lowest BCUT2D eigenvalue weighted by Gasteiger charge is -2.08. The highest BCUT2D eigenvalue weighted by Crippen LogP contribution is 2.28. The molecule has 1 aliphatic rings. The minimum Gasteiger partial charge on any atom is -0.0795 e. The number of aryl methyl sites for hydroxylation is 1. The molecule has 0 fully saturated rings. The molecule has 0 nitrogen and oxygen atoms in total. The minimum atomic E-state index is 1.10. The minimum absolute atomic E-state index is 1.10. The van der Waals surface area contributed by atoms with Crippen LogP contribution in [0.15, 0.2) is 22.7 Å². The van der Waals surface area contributed by atoms with Gasteiger partial charge in [0, 0.05) is 4.47 Å². The molecule has 0 spiro atoms. The second-order valence-corrected chi connectivity index (χ2v) is 6.83. The maximum absolute atomic E-state index is 3.73. The maximum atomic E-state index is 3.73. The molecule has 0 heterocycles. The Hall–Kier alpha value is -0.560. The summed E-state index contributed by atoms with van der Waals surface area (Å²) in [6.07, 6.45) is 18.0. The Kier molecular flexibility index (Phi) is 6.86. The molecule has 1 aromatic rings. The number of unbranched alkanes of at least 4 members (excludes halogenated alkanes) is 7. The summed E-state index contributed by atoms with van der Waals surface area (Å²) in [4.78, 5) is 0. The zero-order valence-corrected chi connectivity index (χ0v) is 14.3. The zero-order chi connectivity index (χ0) is 14.2. The monoisotopic (exact) mass is 334 g/mol. The third-order valence-electron chi connectivity index (χ3n) is 4.24. The Balaban J connectivity index is 1.66. The second-order valence-electron chi connectivity index (χ2n) is 5.97. The predicted octanol–water partition coefficient (Wildman–Crippen LogP) is 6.70. The molecule has 0 aromatic heterocycles. The Morgan fingerprint density at radius 3 is 2.40 bits per heavy atom. The van der Waals surface area contributed by atoms with Crippen LogP contribution >= 0.6 is 15.9 Å². The third-order valence-corrected chi connectivity index (χ3v) is 4.98. The van der Waals surface area contributed by atoms with Crippen LogP contribution in [-0.4, -0.2) is 0 Å². The molecule has 1 aromatic carbocycles. The number of benzene rings is 1. The Labute approximate surface area is 132 Å². The van der Waals surface area contributed by atoms with Crippen molar-refractivity contribution in [1.29, 1.82) is 0 Å². The zero-order valence-electron chi connectivity index (χ0n) is 12.8. The summed E-state index contributed by atoms with van der Waals surface area (Å²) in [6.45, 7) is 2.28. The molecule has 0 N–H and O–H groups in total. The van der Waals surface area contributed by atoms with Gasteiger partial charge in [-0.1, -0.05) is 86.0 Å². The predicted molar refractivity (Wildman–Crippen MR) is 93.2 cm³/mol. The van der Waals surface area contributed by atoms with Crippen LogP contribution in [0.25, 0.3) is 6.08 Å². The summed E-state index contributed by atoms with van der Waals surface area (Å²) in [5, 5.41) is 0. The first-order chi connectivity index (χ1) is 9.81. The molecule has 0 saturated heterocycles. The van der Waals surface area contributed by atoms with Crippen molar-refractivity contribution in [1.82, 2.24) is 0 Å². The van der Waals surface area contributed by atoms with E-state index in [2.05, 4.69) is 47.1 Å². The van der Waals surface area contributed by atoms with Crippen molar-refractivity contribution < 1.29 is 0 Å². The van der Waals surface area contributed by atoms with Crippen LogP contribution < -0.4 is 0 Å². The largest absolute Gasteiger partial charge is 0.0795 e. The number of hydrogen-bond acceptors (Lipinski definition) is 0. The lowest BCUT2D eigenvalue weighted by Crippen LogP contribution is -1.92. The van der Waals surface area contributed by atoms with Gasteiger partial charge in [0.25, 0.3) is 0 Å². The molecular formula is C19H27Br. The summed E-state index contributed by atoms with van der Waals surface area (Å²) in [5.74, 6) is 0. The number of allylic oxidation sites excluding steroid dienone is 1. The van der Waals surface area contributed by atoms with Gasteiger partial charge in [-0.15, -0.1) is 0 Å². The fourth-order valence-corrected chi connectivity index (χ4v) is 3.55. The van der Waals surface area contributed by atoms with E-state index in [9.17, 15) is 0 Å². The van der Waals surface area contributed by atoms with Crippen LogP contribution in [0.5, 0.6) is 0 Å². The number of fused-ring (bicyclic) bond motifs is 1. The van der Waals surface area contributed by atoms with Gasteiger partial charge in [-0.3, -0.25) is 0 Å². The normalized spacial score (nSPS) is 12.9. The molecular weight excluding hydrogens is 308 g/mol. The van der Waals surface area contributed by atoms with Crippen LogP contribution in [-0.2, 0) is 12.8 Å². The van der Waals surface area contributed by atoms with E-state index in [4.69, 9.17) is 0 Å². The van der Waals surface area contributed by atoms with E-state index in [-0.39, 0.29) is 0 Å². The number of hydrogen-bond donors (Lipinski definition) is 0. The maximum Gasteiger partial charge on any atom is 0.0210 e. The lowest BCUT2D eigenvalue weighted by molar-refractivity contribution is 0.575. The van der Waals surface area contributed by atoms with Crippen molar-refractivity contribution in [2.75, 3.05) is 0 Å². The van der Waals surface area contributed by atoms with Crippen molar-refractivity contribution in [2.24, 2.45) is 0 Å². The van der Waals surface area contributed by atoms with Crippen molar-refractivity contribution in [3.63, 3.8) is 0 Å². The number of rotatable bonds is 9. The Morgan fingerprint density at radius 1 is 0.950 bits per heavy atom. The molecule has 0 amide bonds. The van der Waals surface area contributed by atoms with E-state index in [1.807, 2.05) is 0 Å². The molecule has 0 bridgehead atoms. The first-order valence-corrected chi connectivity index (χ1v) is 9.08. The summed E-state index contributed by atoms with van der Waals surface area (Å²) >= 11 is 3.73. The second kappa shape index (κ2) is 8.67. The van der Waals surface area contributed by atoms with E-state index < -0.39 is 0 Å². The van der Waals surface area contributed by atoms with Gasteiger partial charge in [0.2, 0.25) is 0 Å². The van der Waals surface area contributed by atoms with E-state index in [0.717, 1.165) is 6.42 Å². The quantitative estimate of drug-likeness (QED) is 0.440. The molecule has 0 radical (unpaired) electrons. The fraction of sp³-hybridized carbons (Fsp3) is 0.579. The summed E-state index contributed by atoms with van der Waals surface area (Å²) in [5.41, 5.74) is 4.39. The fourth-order valence-electron chi connectivity index (χ4n) is 2.96. The van der Waals surface area contributed by atoms with Gasteiger partial charge in [0.1, 0.15) is 0 Å². The molecule has 20 heavy (non-hydrogen) atoms. The highest BCUT2D eigenvalue weighted by Gasteiger charge is 2.09. The van der Waals surface area contributed by atoms with Crippen molar-refractivity contribution in [2.45, 2.75) is 71.1 Å². The molecule has 0 aliphatic heterocycles. The summed E-state index contributed by atoms with van der Waals surface area (Å²) < 4.78 is 1.31. The Morgan fingerprint density at radius 2 is 1.65 bits per heavy atom. The third kappa shape index (κ3) is 4.77. The van der Waals surface area contributed by atoms with E-state index in [1.54, 1.807) is 0 Å². The van der Waals surface area contributed by atoms with Crippen LogP contribution in [0.3, 0.4) is 0 Å². The van der Waals surface area contributed by atoms with Crippen LogP contribution in [0, 0.1) is 0 Å². The van der Waals surface area contributed by atoms with Gasteiger partial charge < -0.3 is 0 Å². The van der Waals surface area contributed by atoms with Gasteiger partial charge in [-0.2, -0.15) is 0 Å². The van der Waals surface area contributed by atoms with E-state index in [0.29, 0.717) is 0 Å². The highest BCUT2D eigenvalue weighted by molar-refractivity contribution is 9.10. The first kappa shape index (κ1) is 15.8. The topological polar surface area (TPSA) is 0 Å². The van der Waals surface area contributed by atoms with Gasteiger partial charge in [-0.05, 0) is 42.0 Å². The molecule has 0 saturated carbocycles. The van der Waals surface area contributed by atoms with Crippen molar-refractivity contribution in [3.05, 3.63) is 39.4 Å². The molecule has 1 aliphatic carbocycles. The van der Waals surface area contributed by atoms with Crippen molar-refractivity contribution in [3.8, 4) is 0 Å². The SMILES string of the molecule is CCCCCCCCCCc1cc2c(cc1Br)CC=C2. The van der Waals surface area contributed by atoms with Gasteiger partial charge in [0.15, 0.2) is 0 Å². The van der Waals surface area contributed by atoms with Crippen LogP contribution in [0.4, 0.5) is 0 Å². The summed E-state index contributed by atoms with van der Waals surface area (Å²) in [6, 6.07) is 4.69. The molecule has 0 unspecified atom stereocenters. The van der Waals surface area contributed by atoms with Gasteiger partial charge in [-0.25, -0.2) is 0 Å². The molecule has 110 valence electrons. The van der Waals surface area contributed by atoms with E-state index >= 15 is 0 Å². The van der Waals surface area contributed by atoms with Crippen molar-refractivity contribution >= 4 is 22.0 Å². The standard InChI is InChI=1S/C19H27Br/c1-2-3-4-5-6-7-8-9-11-18-14-16-12-10-13-17(16)15-19(18)20/h10,12,14-15H,2-9,11,13H2,1H3. The van der Waals surface area contributed by atoms with Crippen LogP contribution in [0.2, 0.25) is 0 Å². The molecule has 2 rings (SSSR count). The van der Waals surface area contributed by atoms with Gasteiger partial charge in [0.05, 0.1) is 0 Å². The smallest absolute Gasteiger partial charge is 0.0210 e. The average molecular weight is 335 g/mol. The number of halogens is 1. The highest BCUT2D eigenvalue weighted by atomic mass is 79.9. The van der Waals surface area contributed by atoms with Gasteiger partial charge >= 0.3 is 0 Å². The molecule has 1 heteroatoms. The Bertz CT molecular complexity index is 445.